The van der Waals surface area contributed by atoms with Gasteiger partial charge in [0.2, 0.25) is 0 Å². The number of halogens is 2. The Morgan fingerprint density at radius 1 is 0.921 bits per heavy atom. The molecule has 0 unspecified atom stereocenters. The van der Waals surface area contributed by atoms with Gasteiger partial charge in [-0.05, 0) is 66.3 Å². The van der Waals surface area contributed by atoms with Crippen LogP contribution in [-0.2, 0) is 21.2 Å². The summed E-state index contributed by atoms with van der Waals surface area (Å²) >= 11 is 18.7. The summed E-state index contributed by atoms with van der Waals surface area (Å²) in [6.45, 7) is 0. The molecule has 1 aromatic heterocycles. The van der Waals surface area contributed by atoms with Crippen molar-refractivity contribution in [1.29, 1.82) is 0 Å². The normalized spacial score (nSPS) is 11.0. The van der Waals surface area contributed by atoms with E-state index in [-0.39, 0.29) is 20.7 Å². The molecule has 7 nitrogen and oxygen atoms in total. The van der Waals surface area contributed by atoms with E-state index < -0.39 is 16.0 Å². The van der Waals surface area contributed by atoms with Crippen LogP contribution in [0.4, 0.5) is 16.4 Å². The van der Waals surface area contributed by atoms with E-state index in [1.165, 1.54) is 48.8 Å². The zero-order valence-corrected chi connectivity index (χ0v) is 23.8. The minimum atomic E-state index is -3.86. The first kappa shape index (κ1) is 27.9. The van der Waals surface area contributed by atoms with Crippen molar-refractivity contribution in [3.63, 3.8) is 0 Å². The number of methoxy groups -OCH3 is 1. The second-order valence-corrected chi connectivity index (χ2v) is 12.0. The molecule has 0 fully saturated rings. The molecule has 0 saturated carbocycles. The van der Waals surface area contributed by atoms with E-state index in [9.17, 15) is 13.2 Å². The molecule has 1 heterocycles. The smallest absolute Gasteiger partial charge is 0.340 e. The topological polar surface area (TPSA) is 96.5 Å². The van der Waals surface area contributed by atoms with Gasteiger partial charge in [-0.2, -0.15) is 0 Å². The van der Waals surface area contributed by atoms with Crippen LogP contribution in [0.3, 0.4) is 0 Å². The SMILES string of the molecule is COC(=O)c1cc(Cc2ccccc2)sc1NC(=S)Nc1ccc(S(=O)(=O)Nc2ccc(Cl)c(Cl)c2)cc1. The number of hydrogen-bond donors (Lipinski definition) is 3. The number of thiophene rings is 1. The Labute approximate surface area is 239 Å². The second-order valence-electron chi connectivity index (χ2n) is 7.95. The summed E-state index contributed by atoms with van der Waals surface area (Å²) in [7, 11) is -2.53. The van der Waals surface area contributed by atoms with Crippen LogP contribution in [0.5, 0.6) is 0 Å². The standard InChI is InChI=1S/C26H21Cl2N3O4S3/c1-35-25(32)21-15-19(13-16-5-3-2-4-6-16)37-24(21)30-26(36)29-17-7-10-20(11-8-17)38(33,34)31-18-9-12-22(27)23(28)14-18/h2-12,14-15,31H,13H2,1H3,(H2,29,30,36). The second kappa shape index (κ2) is 12.1. The quantitative estimate of drug-likeness (QED) is 0.146. The Bertz CT molecular complexity index is 1580. The van der Waals surface area contributed by atoms with Crippen molar-refractivity contribution >= 4 is 84.2 Å². The number of benzene rings is 3. The van der Waals surface area contributed by atoms with Crippen molar-refractivity contribution in [1.82, 2.24) is 0 Å². The van der Waals surface area contributed by atoms with Gasteiger partial charge in [0.25, 0.3) is 10.0 Å². The number of rotatable bonds is 8. The van der Waals surface area contributed by atoms with Crippen LogP contribution in [0.15, 0.2) is 83.8 Å². The fourth-order valence-electron chi connectivity index (χ4n) is 3.44. The minimum absolute atomic E-state index is 0.0461. The lowest BCUT2D eigenvalue weighted by Crippen LogP contribution is -2.20. The average molecular weight is 607 g/mol. The number of sulfonamides is 1. The van der Waals surface area contributed by atoms with Gasteiger partial charge in [0.1, 0.15) is 5.00 Å². The van der Waals surface area contributed by atoms with Gasteiger partial charge >= 0.3 is 5.97 Å². The number of nitrogens with one attached hydrogen (secondary N) is 3. The minimum Gasteiger partial charge on any atom is -0.465 e. The molecule has 0 aliphatic carbocycles. The van der Waals surface area contributed by atoms with Crippen LogP contribution in [0.1, 0.15) is 20.8 Å². The largest absolute Gasteiger partial charge is 0.465 e. The predicted octanol–water partition coefficient (Wildman–Crippen LogP) is 7.04. The van der Waals surface area contributed by atoms with E-state index in [2.05, 4.69) is 15.4 Å². The number of thiocarbonyl (C=S) groups is 1. The maximum atomic E-state index is 12.7. The van der Waals surface area contributed by atoms with Gasteiger partial charge < -0.3 is 15.4 Å². The summed E-state index contributed by atoms with van der Waals surface area (Å²) in [5.74, 6) is -0.477. The molecule has 0 saturated heterocycles. The van der Waals surface area contributed by atoms with Gasteiger partial charge in [0, 0.05) is 17.0 Å². The van der Waals surface area contributed by atoms with Crippen LogP contribution < -0.4 is 15.4 Å². The van der Waals surface area contributed by atoms with E-state index in [0.29, 0.717) is 27.7 Å². The summed E-state index contributed by atoms with van der Waals surface area (Å²) in [5.41, 5.74) is 2.33. The molecule has 0 bridgehead atoms. The van der Waals surface area contributed by atoms with E-state index in [0.717, 1.165) is 10.4 Å². The Balaban J connectivity index is 1.44. The molecule has 0 aliphatic heterocycles. The van der Waals surface area contributed by atoms with E-state index in [1.807, 2.05) is 30.3 Å². The highest BCUT2D eigenvalue weighted by Gasteiger charge is 2.19. The summed E-state index contributed by atoms with van der Waals surface area (Å²) < 4.78 is 32.9. The monoisotopic (exact) mass is 605 g/mol. The fourth-order valence-corrected chi connectivity index (χ4v) is 6.15. The molecule has 196 valence electrons. The molecular formula is C26H21Cl2N3O4S3. The van der Waals surface area contributed by atoms with Crippen molar-refractivity contribution < 1.29 is 17.9 Å². The first-order chi connectivity index (χ1) is 18.1. The first-order valence-corrected chi connectivity index (χ1v) is 14.5. The van der Waals surface area contributed by atoms with Crippen molar-refractivity contribution in [2.75, 3.05) is 22.5 Å². The zero-order valence-electron chi connectivity index (χ0n) is 19.8. The summed E-state index contributed by atoms with van der Waals surface area (Å²) in [5, 5.41) is 7.39. The predicted molar refractivity (Wildman–Crippen MR) is 158 cm³/mol. The molecule has 0 radical (unpaired) electrons. The van der Waals surface area contributed by atoms with Crippen LogP contribution >= 0.6 is 46.8 Å². The van der Waals surface area contributed by atoms with Crippen LogP contribution in [-0.4, -0.2) is 26.6 Å². The third-order valence-corrected chi connectivity index (χ3v) is 8.62. The van der Waals surface area contributed by atoms with Crippen LogP contribution in [0.2, 0.25) is 10.0 Å². The third-order valence-electron chi connectivity index (χ3n) is 5.23. The van der Waals surface area contributed by atoms with Gasteiger partial charge in [0.05, 0.1) is 33.3 Å². The van der Waals surface area contributed by atoms with Gasteiger partial charge in [-0.15, -0.1) is 11.3 Å². The first-order valence-electron chi connectivity index (χ1n) is 11.1. The average Bonchev–Trinajstić information content (AvgIpc) is 3.28. The zero-order chi connectivity index (χ0) is 27.3. The van der Waals surface area contributed by atoms with Gasteiger partial charge in [0.15, 0.2) is 5.11 Å². The van der Waals surface area contributed by atoms with E-state index >= 15 is 0 Å². The molecule has 4 rings (SSSR count). The lowest BCUT2D eigenvalue weighted by molar-refractivity contribution is 0.0602. The molecule has 12 heteroatoms. The summed E-state index contributed by atoms with van der Waals surface area (Å²) in [6, 6.07) is 22.2. The third kappa shape index (κ3) is 7.03. The number of anilines is 3. The highest BCUT2D eigenvalue weighted by molar-refractivity contribution is 7.92. The van der Waals surface area contributed by atoms with Crippen LogP contribution in [0, 0.1) is 0 Å². The number of carbonyl (C=O) groups is 1. The Morgan fingerprint density at radius 2 is 1.61 bits per heavy atom. The summed E-state index contributed by atoms with van der Waals surface area (Å²) in [6.07, 6.45) is 0.656. The van der Waals surface area contributed by atoms with Gasteiger partial charge in [-0.25, -0.2) is 13.2 Å². The van der Waals surface area contributed by atoms with Crippen LogP contribution in [0.25, 0.3) is 0 Å². The maximum absolute atomic E-state index is 12.7. The maximum Gasteiger partial charge on any atom is 0.340 e. The van der Waals surface area contributed by atoms with E-state index in [1.54, 1.807) is 18.2 Å². The molecule has 38 heavy (non-hydrogen) atoms. The molecule has 3 aromatic carbocycles. The highest BCUT2D eigenvalue weighted by Crippen LogP contribution is 2.31. The van der Waals surface area contributed by atoms with Gasteiger partial charge in [-0.1, -0.05) is 53.5 Å². The number of esters is 1. The Kier molecular flexibility index (Phi) is 8.91. The molecule has 0 atom stereocenters. The molecule has 0 aliphatic rings. The number of ether oxygens (including phenoxy) is 1. The number of hydrogen-bond acceptors (Lipinski definition) is 6. The van der Waals surface area contributed by atoms with Crippen molar-refractivity contribution in [2.24, 2.45) is 0 Å². The van der Waals surface area contributed by atoms with Crippen molar-refractivity contribution in [2.45, 2.75) is 11.3 Å². The lowest BCUT2D eigenvalue weighted by atomic mass is 10.1. The molecule has 4 aromatic rings. The number of carbonyl (C=O) groups excluding carboxylic acids is 1. The fraction of sp³-hybridized carbons (Fsp3) is 0.0769. The Hall–Kier alpha value is -3.15. The molecule has 0 spiro atoms. The molecule has 3 N–H and O–H groups in total. The van der Waals surface area contributed by atoms with Crippen molar-refractivity contribution in [3.8, 4) is 0 Å². The Morgan fingerprint density at radius 3 is 2.26 bits per heavy atom. The van der Waals surface area contributed by atoms with Gasteiger partial charge in [-0.3, -0.25) is 4.72 Å². The molecule has 0 amide bonds. The highest BCUT2D eigenvalue weighted by atomic mass is 35.5. The van der Waals surface area contributed by atoms with E-state index in [4.69, 9.17) is 40.2 Å². The summed E-state index contributed by atoms with van der Waals surface area (Å²) in [4.78, 5) is 13.4. The molecular weight excluding hydrogens is 585 g/mol. The lowest BCUT2D eigenvalue weighted by Gasteiger charge is -2.12. The van der Waals surface area contributed by atoms with Crippen molar-refractivity contribution in [3.05, 3.63) is 105 Å².